The molecule has 0 radical (unpaired) electrons. The molecule has 30 heavy (non-hydrogen) atoms. The van der Waals surface area contributed by atoms with E-state index < -0.39 is 47.6 Å². The number of rotatable bonds is 10. The summed E-state index contributed by atoms with van der Waals surface area (Å²) < 4.78 is 19.5. The van der Waals surface area contributed by atoms with Gasteiger partial charge in [-0.15, -0.1) is 0 Å². The molecule has 2 rings (SSSR count). The van der Waals surface area contributed by atoms with Crippen LogP contribution in [-0.2, 0) is 20.9 Å². The number of carboxylic acids is 1. The monoisotopic (exact) mass is 422 g/mol. The number of hydrogen-bond donors (Lipinski definition) is 2. The van der Waals surface area contributed by atoms with Gasteiger partial charge >= 0.3 is 5.97 Å². The molecule has 2 aromatic heterocycles. The van der Waals surface area contributed by atoms with E-state index in [4.69, 9.17) is 15.4 Å². The first kappa shape index (κ1) is 23.1. The zero-order valence-corrected chi connectivity index (χ0v) is 16.8. The molecule has 2 aromatic rings. The molecule has 162 valence electrons. The summed E-state index contributed by atoms with van der Waals surface area (Å²) >= 11 is 0. The largest absolute Gasteiger partial charge is 0.481 e. The van der Waals surface area contributed by atoms with Crippen molar-refractivity contribution in [1.82, 2.24) is 14.9 Å². The quantitative estimate of drug-likeness (QED) is 0.418. The summed E-state index contributed by atoms with van der Waals surface area (Å²) in [6.45, 7) is 5.04. The smallest absolute Gasteiger partial charge is 0.304 e. The molecule has 11 heteroatoms. The molecule has 0 saturated heterocycles. The lowest BCUT2D eigenvalue weighted by Gasteiger charge is -2.20. The number of carbonyl (C=O) groups is 3. The Labute approximate surface area is 170 Å². The molecule has 0 aliphatic rings. The van der Waals surface area contributed by atoms with Crippen molar-refractivity contribution in [3.63, 3.8) is 0 Å². The lowest BCUT2D eigenvalue weighted by molar-refractivity contribution is -0.146. The second-order valence-electron chi connectivity index (χ2n) is 6.87. The van der Waals surface area contributed by atoms with Gasteiger partial charge in [0.2, 0.25) is 6.30 Å². The number of hydrogen-bond acceptors (Lipinski definition) is 8. The Kier molecular flexibility index (Phi) is 7.33. The van der Waals surface area contributed by atoms with Crippen molar-refractivity contribution >= 4 is 17.5 Å². The van der Waals surface area contributed by atoms with E-state index in [1.54, 1.807) is 20.8 Å². The molecule has 0 aliphatic heterocycles. The third kappa shape index (κ3) is 4.85. The molecule has 0 fully saturated rings. The number of nitrogens with zero attached hydrogens (tertiary/aromatic N) is 3. The number of alkyl halides is 1. The summed E-state index contributed by atoms with van der Waals surface area (Å²) in [5.41, 5.74) is 5.61. The fraction of sp³-hybridized carbons (Fsp3) is 0.474. The predicted octanol–water partition coefficient (Wildman–Crippen LogP) is 0.873. The molecule has 0 aromatic carbocycles. The van der Waals surface area contributed by atoms with Crippen LogP contribution in [-0.4, -0.2) is 43.9 Å². The maximum atomic E-state index is 13.3. The van der Waals surface area contributed by atoms with Crippen LogP contribution in [0.25, 0.3) is 0 Å². The van der Waals surface area contributed by atoms with Gasteiger partial charge in [0.05, 0.1) is 24.6 Å². The number of aliphatic carboxylic acids is 1. The van der Waals surface area contributed by atoms with E-state index in [0.717, 1.165) is 4.68 Å². The van der Waals surface area contributed by atoms with E-state index in [9.17, 15) is 23.6 Å². The second-order valence-corrected chi connectivity index (χ2v) is 6.87. The number of nitrogens with two attached hydrogens (primary N) is 1. The first-order chi connectivity index (χ1) is 14.1. The first-order valence-electron chi connectivity index (χ1n) is 9.25. The molecule has 0 spiro atoms. The summed E-state index contributed by atoms with van der Waals surface area (Å²) in [4.78, 5) is 49.0. The molecule has 2 heterocycles. The van der Waals surface area contributed by atoms with Gasteiger partial charge in [0.1, 0.15) is 5.76 Å². The van der Waals surface area contributed by atoms with E-state index in [1.807, 2.05) is 0 Å². The molecule has 0 bridgehead atoms. The minimum atomic E-state index is -2.50. The van der Waals surface area contributed by atoms with E-state index in [-0.39, 0.29) is 18.5 Å². The van der Waals surface area contributed by atoms with Gasteiger partial charge in [0.25, 0.3) is 5.56 Å². The number of aryl methyl sites for hydroxylation is 2. The molecule has 0 amide bonds. The maximum Gasteiger partial charge on any atom is 0.304 e. The fourth-order valence-corrected chi connectivity index (χ4v) is 3.25. The van der Waals surface area contributed by atoms with Crippen LogP contribution in [0.15, 0.2) is 21.6 Å². The highest BCUT2D eigenvalue weighted by molar-refractivity contribution is 6.08. The Morgan fingerprint density at radius 3 is 2.47 bits per heavy atom. The number of carbonyl (C=O) groups excluding carboxylic acids is 2. The van der Waals surface area contributed by atoms with Gasteiger partial charge in [-0.05, 0) is 26.3 Å². The minimum Gasteiger partial charge on any atom is -0.481 e. The van der Waals surface area contributed by atoms with Gasteiger partial charge in [0.15, 0.2) is 11.6 Å². The van der Waals surface area contributed by atoms with E-state index in [2.05, 4.69) is 10.3 Å². The predicted molar refractivity (Wildman–Crippen MR) is 101 cm³/mol. The van der Waals surface area contributed by atoms with Crippen LogP contribution in [0.1, 0.15) is 48.3 Å². The van der Waals surface area contributed by atoms with Crippen LogP contribution in [0.4, 0.5) is 4.39 Å². The average molecular weight is 422 g/mol. The number of ketones is 2. The first-order valence-corrected chi connectivity index (χ1v) is 9.25. The Balaban J connectivity index is 2.44. The Morgan fingerprint density at radius 1 is 1.30 bits per heavy atom. The van der Waals surface area contributed by atoms with Crippen molar-refractivity contribution in [2.75, 3.05) is 0 Å². The Hall–Kier alpha value is -3.21. The van der Waals surface area contributed by atoms with Crippen molar-refractivity contribution in [2.45, 2.75) is 52.4 Å². The van der Waals surface area contributed by atoms with Crippen LogP contribution in [0.5, 0.6) is 0 Å². The van der Waals surface area contributed by atoms with Crippen molar-refractivity contribution in [2.24, 2.45) is 11.7 Å². The molecular formula is C19H23FN4O6. The van der Waals surface area contributed by atoms with Crippen molar-refractivity contribution in [3.8, 4) is 0 Å². The summed E-state index contributed by atoms with van der Waals surface area (Å²) in [5, 5.41) is 16.9. The van der Waals surface area contributed by atoms with Crippen molar-refractivity contribution < 1.29 is 28.4 Å². The standard InChI is InChI=1S/C19H23FN4O6/c1-4-11(16(27)13(7-15(25)26)17(28)18(20)21)12-5-6-22-24(19(12)29)8-14-9(2)23-30-10(14)3/h5-6,11,13,18H,4,7-8,21H2,1-3H3,(H,25,26). The van der Waals surface area contributed by atoms with Crippen LogP contribution in [0.3, 0.4) is 0 Å². The third-order valence-corrected chi connectivity index (χ3v) is 4.90. The molecular weight excluding hydrogens is 399 g/mol. The number of Topliss-reactive ketones (excluding diaryl/α,β-unsaturated/α-hetero) is 2. The number of carboxylic acid groups (broad SMARTS) is 1. The SMILES string of the molecule is CCC(C(=O)C(CC(=O)O)C(=O)C(N)F)c1ccnn(Cc2c(C)noc2C)c1=O. The average Bonchev–Trinajstić information content (AvgIpc) is 3.00. The van der Waals surface area contributed by atoms with Gasteiger partial charge in [-0.3, -0.25) is 24.9 Å². The van der Waals surface area contributed by atoms with E-state index in [1.165, 1.54) is 12.3 Å². The van der Waals surface area contributed by atoms with Crippen LogP contribution in [0.2, 0.25) is 0 Å². The number of halogens is 1. The molecule has 10 nitrogen and oxygen atoms in total. The fourth-order valence-electron chi connectivity index (χ4n) is 3.25. The summed E-state index contributed by atoms with van der Waals surface area (Å²) in [6, 6.07) is 1.33. The van der Waals surface area contributed by atoms with Gasteiger partial charge in [-0.25, -0.2) is 9.07 Å². The maximum absolute atomic E-state index is 13.3. The Bertz CT molecular complexity index is 993. The molecule has 3 N–H and O–H groups in total. The highest BCUT2D eigenvalue weighted by atomic mass is 19.1. The zero-order valence-electron chi connectivity index (χ0n) is 16.8. The summed E-state index contributed by atoms with van der Waals surface area (Å²) in [5.74, 6) is -6.06. The second kappa shape index (κ2) is 9.53. The normalized spacial score (nSPS) is 14.2. The lowest BCUT2D eigenvalue weighted by atomic mass is 9.82. The topological polar surface area (TPSA) is 158 Å². The highest BCUT2D eigenvalue weighted by Crippen LogP contribution is 2.25. The summed E-state index contributed by atoms with van der Waals surface area (Å²) in [6.07, 6.45) is -2.00. The van der Waals surface area contributed by atoms with Gasteiger partial charge in [-0.1, -0.05) is 12.1 Å². The van der Waals surface area contributed by atoms with Gasteiger partial charge < -0.3 is 9.63 Å². The summed E-state index contributed by atoms with van der Waals surface area (Å²) in [7, 11) is 0. The third-order valence-electron chi connectivity index (χ3n) is 4.90. The molecule has 0 aliphatic carbocycles. The Morgan fingerprint density at radius 2 is 1.97 bits per heavy atom. The van der Waals surface area contributed by atoms with Crippen LogP contribution in [0, 0.1) is 19.8 Å². The van der Waals surface area contributed by atoms with E-state index >= 15 is 0 Å². The van der Waals surface area contributed by atoms with Crippen molar-refractivity contribution in [1.29, 1.82) is 0 Å². The molecule has 3 atom stereocenters. The molecule has 0 saturated carbocycles. The van der Waals surface area contributed by atoms with Gasteiger partial charge in [-0.2, -0.15) is 5.10 Å². The van der Waals surface area contributed by atoms with Crippen molar-refractivity contribution in [3.05, 3.63) is 45.2 Å². The number of aromatic nitrogens is 3. The van der Waals surface area contributed by atoms with E-state index in [0.29, 0.717) is 17.0 Å². The lowest BCUT2D eigenvalue weighted by Crippen LogP contribution is -2.40. The van der Waals surface area contributed by atoms with Crippen LogP contribution < -0.4 is 11.3 Å². The zero-order chi connectivity index (χ0) is 22.6. The molecule has 3 unspecified atom stereocenters. The highest BCUT2D eigenvalue weighted by Gasteiger charge is 2.37. The van der Waals surface area contributed by atoms with Crippen LogP contribution >= 0.6 is 0 Å². The van der Waals surface area contributed by atoms with Gasteiger partial charge in [0, 0.05) is 23.2 Å². The minimum absolute atomic E-state index is 0.0277.